The van der Waals surface area contributed by atoms with Crippen LogP contribution in [0.25, 0.3) is 0 Å². The fourth-order valence-corrected chi connectivity index (χ4v) is 2.44. The van der Waals surface area contributed by atoms with Crippen LogP contribution < -0.4 is 5.32 Å². The zero-order chi connectivity index (χ0) is 15.6. The van der Waals surface area contributed by atoms with Crippen LogP contribution in [0.15, 0.2) is 36.4 Å². The first-order chi connectivity index (χ1) is 9.88. The first kappa shape index (κ1) is 15.2. The van der Waals surface area contributed by atoms with Crippen LogP contribution in [0.3, 0.4) is 0 Å². The first-order valence-corrected chi connectivity index (χ1v) is 7.02. The number of rotatable bonds is 3. The van der Waals surface area contributed by atoms with E-state index in [-0.39, 0.29) is 11.9 Å². The minimum atomic E-state index is -0.405. The van der Waals surface area contributed by atoms with Gasteiger partial charge in [0.2, 0.25) is 0 Å². The van der Waals surface area contributed by atoms with E-state index in [1.54, 1.807) is 6.07 Å². The number of carbonyl (C=O) groups is 1. The number of hydrogen-bond donors (Lipinski definition) is 1. The second kappa shape index (κ2) is 6.08. The number of amides is 1. The molecule has 0 aliphatic rings. The maximum Gasteiger partial charge on any atom is 0.251 e. The van der Waals surface area contributed by atoms with Gasteiger partial charge in [0.25, 0.3) is 5.91 Å². The Hall–Kier alpha value is -2.16. The summed E-state index contributed by atoms with van der Waals surface area (Å²) in [6.45, 7) is 8.10. The third-order valence-electron chi connectivity index (χ3n) is 3.78. The van der Waals surface area contributed by atoms with E-state index in [9.17, 15) is 9.18 Å². The van der Waals surface area contributed by atoms with Crippen molar-refractivity contribution in [1.82, 2.24) is 5.32 Å². The van der Waals surface area contributed by atoms with Crippen molar-refractivity contribution < 1.29 is 9.18 Å². The largest absolute Gasteiger partial charge is 0.346 e. The molecule has 2 aromatic carbocycles. The van der Waals surface area contributed by atoms with E-state index in [1.165, 1.54) is 29.3 Å². The molecule has 0 saturated carbocycles. The molecule has 0 unspecified atom stereocenters. The number of aryl methyl sites for hydroxylation is 3. The molecular formula is C18H20FNO. The molecule has 110 valence electrons. The molecule has 2 rings (SSSR count). The van der Waals surface area contributed by atoms with Gasteiger partial charge in [0.05, 0.1) is 6.04 Å². The van der Waals surface area contributed by atoms with Crippen LogP contribution in [0.1, 0.15) is 45.6 Å². The van der Waals surface area contributed by atoms with Gasteiger partial charge in [-0.15, -0.1) is 0 Å². The Balaban J connectivity index is 2.20. The van der Waals surface area contributed by atoms with Gasteiger partial charge in [0.1, 0.15) is 5.82 Å². The van der Waals surface area contributed by atoms with Crippen molar-refractivity contribution in [2.24, 2.45) is 0 Å². The smallest absolute Gasteiger partial charge is 0.251 e. The Kier molecular flexibility index (Phi) is 4.41. The first-order valence-electron chi connectivity index (χ1n) is 7.02. The highest BCUT2D eigenvalue weighted by molar-refractivity contribution is 5.94. The van der Waals surface area contributed by atoms with E-state index in [0.717, 1.165) is 11.1 Å². The van der Waals surface area contributed by atoms with Crippen LogP contribution in [-0.2, 0) is 0 Å². The third kappa shape index (κ3) is 3.48. The Morgan fingerprint density at radius 3 is 2.38 bits per heavy atom. The lowest BCUT2D eigenvalue weighted by Crippen LogP contribution is -2.27. The minimum Gasteiger partial charge on any atom is -0.346 e. The number of halogens is 1. The van der Waals surface area contributed by atoms with E-state index in [0.29, 0.717) is 5.56 Å². The highest BCUT2D eigenvalue weighted by Crippen LogP contribution is 2.22. The monoisotopic (exact) mass is 285 g/mol. The lowest BCUT2D eigenvalue weighted by atomic mass is 9.96. The van der Waals surface area contributed by atoms with E-state index < -0.39 is 5.82 Å². The van der Waals surface area contributed by atoms with Crippen LogP contribution in [0.4, 0.5) is 4.39 Å². The van der Waals surface area contributed by atoms with Crippen LogP contribution in [0, 0.1) is 26.6 Å². The number of benzene rings is 2. The van der Waals surface area contributed by atoms with Crippen LogP contribution in [-0.4, -0.2) is 5.91 Å². The molecule has 21 heavy (non-hydrogen) atoms. The summed E-state index contributed by atoms with van der Waals surface area (Å²) in [7, 11) is 0. The Bertz CT molecular complexity index is 679. The predicted octanol–water partition coefficient (Wildman–Crippen LogP) is 4.24. The number of carbonyl (C=O) groups excluding carboxylic acids is 1. The molecule has 2 nitrogen and oxygen atoms in total. The fourth-order valence-electron chi connectivity index (χ4n) is 2.44. The number of nitrogens with one attached hydrogen (secondary N) is 1. The predicted molar refractivity (Wildman–Crippen MR) is 82.9 cm³/mol. The van der Waals surface area contributed by atoms with Crippen LogP contribution in [0.2, 0.25) is 0 Å². The molecular weight excluding hydrogens is 265 g/mol. The van der Waals surface area contributed by atoms with Crippen molar-refractivity contribution in [3.8, 4) is 0 Å². The second-order valence-electron chi connectivity index (χ2n) is 5.50. The molecule has 0 bridgehead atoms. The lowest BCUT2D eigenvalue weighted by Gasteiger charge is -2.18. The molecule has 0 radical (unpaired) electrons. The summed E-state index contributed by atoms with van der Waals surface area (Å²) >= 11 is 0. The van der Waals surface area contributed by atoms with Gasteiger partial charge in [-0.2, -0.15) is 0 Å². The van der Waals surface area contributed by atoms with Gasteiger partial charge in [-0.3, -0.25) is 4.79 Å². The Labute approximate surface area is 125 Å². The summed E-state index contributed by atoms with van der Waals surface area (Å²) < 4.78 is 13.2. The van der Waals surface area contributed by atoms with Gasteiger partial charge in [0.15, 0.2) is 0 Å². The molecule has 0 heterocycles. The van der Waals surface area contributed by atoms with Crippen molar-refractivity contribution in [2.75, 3.05) is 0 Å². The van der Waals surface area contributed by atoms with Crippen molar-refractivity contribution in [3.05, 3.63) is 70.0 Å². The van der Waals surface area contributed by atoms with E-state index >= 15 is 0 Å². The molecule has 0 aliphatic carbocycles. The van der Waals surface area contributed by atoms with Gasteiger partial charge in [-0.25, -0.2) is 4.39 Å². The Morgan fingerprint density at radius 1 is 1.05 bits per heavy atom. The average molecular weight is 285 g/mol. The highest BCUT2D eigenvalue weighted by atomic mass is 19.1. The van der Waals surface area contributed by atoms with Crippen molar-refractivity contribution in [1.29, 1.82) is 0 Å². The van der Waals surface area contributed by atoms with E-state index in [4.69, 9.17) is 0 Å². The van der Waals surface area contributed by atoms with Gasteiger partial charge >= 0.3 is 0 Å². The molecule has 1 N–H and O–H groups in total. The van der Waals surface area contributed by atoms with Crippen molar-refractivity contribution in [3.63, 3.8) is 0 Å². The maximum absolute atomic E-state index is 13.2. The summed E-state index contributed by atoms with van der Waals surface area (Å²) in [4.78, 5) is 12.2. The van der Waals surface area contributed by atoms with Crippen LogP contribution in [0.5, 0.6) is 0 Å². The van der Waals surface area contributed by atoms with Gasteiger partial charge in [0, 0.05) is 5.56 Å². The Morgan fingerprint density at radius 2 is 1.71 bits per heavy atom. The van der Waals surface area contributed by atoms with Gasteiger partial charge in [-0.1, -0.05) is 18.2 Å². The summed E-state index contributed by atoms with van der Waals surface area (Å²) in [5, 5.41) is 2.92. The maximum atomic E-state index is 13.2. The second-order valence-corrected chi connectivity index (χ2v) is 5.50. The SMILES string of the molecule is Cc1cc(C)c([C@@H](C)NC(=O)c2cccc(F)c2)cc1C. The standard InChI is InChI=1S/C18H20FNO/c1-11-8-13(3)17(9-12(11)2)14(4)20-18(21)15-6-5-7-16(19)10-15/h5-10,14H,1-4H3,(H,20,21)/t14-/m1/s1. The molecule has 2 aromatic rings. The average Bonchev–Trinajstić information content (AvgIpc) is 2.42. The topological polar surface area (TPSA) is 29.1 Å². The highest BCUT2D eigenvalue weighted by Gasteiger charge is 2.14. The molecule has 1 atom stereocenters. The summed E-state index contributed by atoms with van der Waals surface area (Å²) in [6.07, 6.45) is 0. The van der Waals surface area contributed by atoms with Crippen LogP contribution >= 0.6 is 0 Å². The minimum absolute atomic E-state index is 0.125. The molecule has 3 heteroatoms. The number of hydrogen-bond acceptors (Lipinski definition) is 1. The summed E-state index contributed by atoms with van der Waals surface area (Å²) in [6, 6.07) is 9.81. The summed E-state index contributed by atoms with van der Waals surface area (Å²) in [5.74, 6) is -0.669. The van der Waals surface area contributed by atoms with Crippen molar-refractivity contribution in [2.45, 2.75) is 33.7 Å². The van der Waals surface area contributed by atoms with E-state index in [2.05, 4.69) is 31.3 Å². The van der Waals surface area contributed by atoms with Gasteiger partial charge in [-0.05, 0) is 68.1 Å². The summed E-state index contributed by atoms with van der Waals surface area (Å²) in [5.41, 5.74) is 5.00. The fraction of sp³-hybridized carbons (Fsp3) is 0.278. The zero-order valence-electron chi connectivity index (χ0n) is 12.8. The quantitative estimate of drug-likeness (QED) is 0.897. The molecule has 0 fully saturated rings. The molecule has 0 spiro atoms. The third-order valence-corrected chi connectivity index (χ3v) is 3.78. The van der Waals surface area contributed by atoms with Crippen molar-refractivity contribution >= 4 is 5.91 Å². The lowest BCUT2D eigenvalue weighted by molar-refractivity contribution is 0.0939. The molecule has 0 aromatic heterocycles. The van der Waals surface area contributed by atoms with E-state index in [1.807, 2.05) is 13.8 Å². The molecule has 0 aliphatic heterocycles. The molecule has 1 amide bonds. The molecule has 0 saturated heterocycles. The van der Waals surface area contributed by atoms with Gasteiger partial charge < -0.3 is 5.32 Å². The zero-order valence-corrected chi connectivity index (χ0v) is 12.8. The normalized spacial score (nSPS) is 12.0.